The minimum atomic E-state index is -0.145. The summed E-state index contributed by atoms with van der Waals surface area (Å²) in [6.07, 6.45) is 0.446. The highest BCUT2D eigenvalue weighted by molar-refractivity contribution is 14.2. The maximum Gasteiger partial charge on any atom is 0.305 e. The number of ether oxygens (including phenoxy) is 1. The van der Waals surface area contributed by atoms with E-state index in [0.29, 0.717) is 13.0 Å². The molecule has 0 bridgehead atoms. The SMILES string of the molecule is CCC(=O)OCC(I)=C(I)I. The lowest BCUT2D eigenvalue weighted by Gasteiger charge is -2.01. The van der Waals surface area contributed by atoms with Crippen LogP contribution in [-0.4, -0.2) is 12.6 Å². The van der Waals surface area contributed by atoms with Crippen LogP contribution in [0.3, 0.4) is 0 Å². The molecule has 0 saturated heterocycles. The molecule has 0 aromatic heterocycles. The minimum absolute atomic E-state index is 0.145. The van der Waals surface area contributed by atoms with Crippen LogP contribution < -0.4 is 0 Å². The van der Waals surface area contributed by atoms with Crippen LogP contribution in [-0.2, 0) is 9.53 Å². The van der Waals surface area contributed by atoms with Crippen molar-refractivity contribution in [1.29, 1.82) is 0 Å². The molecule has 0 N–H and O–H groups in total. The second-order valence-electron chi connectivity index (χ2n) is 1.68. The van der Waals surface area contributed by atoms with Gasteiger partial charge >= 0.3 is 5.97 Å². The van der Waals surface area contributed by atoms with Gasteiger partial charge in [-0.05, 0) is 67.8 Å². The molecule has 0 aliphatic heterocycles. The van der Waals surface area contributed by atoms with Crippen molar-refractivity contribution in [2.45, 2.75) is 13.3 Å². The van der Waals surface area contributed by atoms with E-state index in [1.807, 2.05) is 0 Å². The van der Waals surface area contributed by atoms with E-state index >= 15 is 0 Å². The van der Waals surface area contributed by atoms with Crippen molar-refractivity contribution >= 4 is 73.7 Å². The van der Waals surface area contributed by atoms with Gasteiger partial charge in [0.05, 0.1) is 1.59 Å². The fourth-order valence-corrected chi connectivity index (χ4v) is 0.768. The van der Waals surface area contributed by atoms with Crippen molar-refractivity contribution in [2.75, 3.05) is 6.61 Å². The van der Waals surface area contributed by atoms with Gasteiger partial charge in [-0.2, -0.15) is 0 Å². The van der Waals surface area contributed by atoms with E-state index in [4.69, 9.17) is 4.74 Å². The fourth-order valence-electron chi connectivity index (χ4n) is 0.300. The molecule has 0 rings (SSSR count). The quantitative estimate of drug-likeness (QED) is 0.447. The van der Waals surface area contributed by atoms with E-state index in [9.17, 15) is 4.79 Å². The number of halogens is 3. The Bertz CT molecular complexity index is 173. The summed E-state index contributed by atoms with van der Waals surface area (Å²) in [4.78, 5) is 10.7. The van der Waals surface area contributed by atoms with Crippen LogP contribution in [0.25, 0.3) is 0 Å². The summed E-state index contributed by atoms with van der Waals surface area (Å²) in [5.41, 5.74) is 0. The summed E-state index contributed by atoms with van der Waals surface area (Å²) >= 11 is 6.56. The zero-order valence-electron chi connectivity index (χ0n) is 5.86. The molecular weight excluding hydrogens is 485 g/mol. The summed E-state index contributed by atoms with van der Waals surface area (Å²) in [6, 6.07) is 0. The standard InChI is InChI=1S/C6H7I3O2/c1-2-5(10)11-3-4(7)6(8)9/h2-3H2,1H3. The molecule has 0 radical (unpaired) electrons. The molecule has 0 heterocycles. The van der Waals surface area contributed by atoms with Gasteiger partial charge in [0.15, 0.2) is 0 Å². The Hall–Kier alpha value is 1.40. The van der Waals surface area contributed by atoms with Crippen LogP contribution in [0, 0.1) is 0 Å². The van der Waals surface area contributed by atoms with Crippen LogP contribution >= 0.6 is 67.8 Å². The highest BCUT2D eigenvalue weighted by Gasteiger charge is 2.01. The zero-order valence-corrected chi connectivity index (χ0v) is 12.3. The topological polar surface area (TPSA) is 26.3 Å². The van der Waals surface area contributed by atoms with Crippen LogP contribution in [0.1, 0.15) is 13.3 Å². The van der Waals surface area contributed by atoms with E-state index in [2.05, 4.69) is 67.8 Å². The molecule has 0 aromatic carbocycles. The third kappa shape index (κ3) is 6.55. The van der Waals surface area contributed by atoms with Crippen LogP contribution in [0.4, 0.5) is 0 Å². The Morgan fingerprint density at radius 3 is 2.27 bits per heavy atom. The molecule has 5 heteroatoms. The Balaban J connectivity index is 3.72. The van der Waals surface area contributed by atoms with Gasteiger partial charge in [-0.15, -0.1) is 0 Å². The summed E-state index contributed by atoms with van der Waals surface area (Å²) in [5.74, 6) is -0.145. The van der Waals surface area contributed by atoms with Crippen molar-refractivity contribution < 1.29 is 9.53 Å². The van der Waals surface area contributed by atoms with Crippen molar-refractivity contribution in [3.63, 3.8) is 0 Å². The molecule has 0 saturated carbocycles. The summed E-state index contributed by atoms with van der Waals surface area (Å²) in [7, 11) is 0. The molecule has 0 aliphatic rings. The zero-order chi connectivity index (χ0) is 8.85. The lowest BCUT2D eigenvalue weighted by Crippen LogP contribution is -2.03. The molecule has 0 aliphatic carbocycles. The molecule has 0 amide bonds. The van der Waals surface area contributed by atoms with Crippen LogP contribution in [0.2, 0.25) is 0 Å². The minimum Gasteiger partial charge on any atom is -0.460 e. The smallest absolute Gasteiger partial charge is 0.305 e. The Kier molecular flexibility index (Phi) is 7.74. The number of carbonyl (C=O) groups excluding carboxylic acids is 1. The molecule has 0 unspecified atom stereocenters. The summed E-state index contributed by atoms with van der Waals surface area (Å²) < 4.78 is 7.12. The van der Waals surface area contributed by atoms with Crippen molar-refractivity contribution in [1.82, 2.24) is 0 Å². The molecule has 64 valence electrons. The first-order chi connectivity index (χ1) is 5.07. The maximum atomic E-state index is 10.7. The molecule has 0 aromatic rings. The van der Waals surface area contributed by atoms with E-state index in [0.717, 1.165) is 5.17 Å². The van der Waals surface area contributed by atoms with Gasteiger partial charge in [-0.3, -0.25) is 4.79 Å². The van der Waals surface area contributed by atoms with E-state index in [1.54, 1.807) is 6.92 Å². The Morgan fingerprint density at radius 1 is 1.36 bits per heavy atom. The third-order valence-corrected chi connectivity index (χ3v) is 5.07. The highest BCUT2D eigenvalue weighted by Crippen LogP contribution is 2.25. The average molecular weight is 492 g/mol. The monoisotopic (exact) mass is 492 g/mol. The van der Waals surface area contributed by atoms with Gasteiger partial charge in [0, 0.05) is 10.0 Å². The molecule has 11 heavy (non-hydrogen) atoms. The maximum absolute atomic E-state index is 10.7. The first-order valence-corrected chi connectivity index (χ1v) is 6.16. The molecular formula is C6H7I3O2. The number of carbonyl (C=O) groups is 1. The number of esters is 1. The van der Waals surface area contributed by atoms with Crippen LogP contribution in [0.15, 0.2) is 5.17 Å². The van der Waals surface area contributed by atoms with Gasteiger partial charge in [0.25, 0.3) is 0 Å². The van der Waals surface area contributed by atoms with Crippen molar-refractivity contribution in [2.24, 2.45) is 0 Å². The predicted octanol–water partition coefficient (Wildman–Crippen LogP) is 3.41. The fraction of sp³-hybridized carbons (Fsp3) is 0.500. The third-order valence-electron chi connectivity index (χ3n) is 0.854. The normalized spacial score (nSPS) is 9.09. The van der Waals surface area contributed by atoms with Gasteiger partial charge < -0.3 is 4.74 Å². The Morgan fingerprint density at radius 2 is 1.91 bits per heavy atom. The number of rotatable bonds is 3. The van der Waals surface area contributed by atoms with Gasteiger partial charge in [-0.25, -0.2) is 0 Å². The van der Waals surface area contributed by atoms with E-state index < -0.39 is 0 Å². The van der Waals surface area contributed by atoms with Crippen LogP contribution in [0.5, 0.6) is 0 Å². The molecule has 2 nitrogen and oxygen atoms in total. The van der Waals surface area contributed by atoms with E-state index in [1.165, 1.54) is 0 Å². The largest absolute Gasteiger partial charge is 0.460 e. The second kappa shape index (κ2) is 6.87. The number of hydrogen-bond acceptors (Lipinski definition) is 2. The summed E-state index contributed by atoms with van der Waals surface area (Å²) in [5, 5.41) is 0. The van der Waals surface area contributed by atoms with E-state index in [-0.39, 0.29) is 5.97 Å². The van der Waals surface area contributed by atoms with Gasteiger partial charge in [0.2, 0.25) is 0 Å². The average Bonchev–Trinajstić information content (AvgIpc) is 1.99. The van der Waals surface area contributed by atoms with Crippen molar-refractivity contribution in [3.8, 4) is 0 Å². The molecule has 0 atom stereocenters. The Labute approximate surface area is 107 Å². The molecule has 0 fully saturated rings. The lowest BCUT2D eigenvalue weighted by molar-refractivity contribution is -0.142. The molecule has 0 spiro atoms. The predicted molar refractivity (Wildman–Crippen MR) is 70.3 cm³/mol. The van der Waals surface area contributed by atoms with Gasteiger partial charge in [-0.1, -0.05) is 6.92 Å². The first kappa shape index (κ1) is 12.4. The van der Waals surface area contributed by atoms with Crippen molar-refractivity contribution in [3.05, 3.63) is 5.17 Å². The second-order valence-corrected chi connectivity index (χ2v) is 7.20. The first-order valence-electron chi connectivity index (χ1n) is 2.93. The highest BCUT2D eigenvalue weighted by atomic mass is 127. The summed E-state index contributed by atoms with van der Waals surface area (Å²) in [6.45, 7) is 2.20. The number of hydrogen-bond donors (Lipinski definition) is 0. The lowest BCUT2D eigenvalue weighted by atomic mass is 10.5. The van der Waals surface area contributed by atoms with Gasteiger partial charge in [0.1, 0.15) is 6.61 Å².